The van der Waals surface area contributed by atoms with Crippen LogP contribution in [0.15, 0.2) is 46.4 Å². The van der Waals surface area contributed by atoms with Gasteiger partial charge in [-0.2, -0.15) is 18.3 Å². The molecule has 0 saturated heterocycles. The number of nitrogens with two attached hydrogens (primary N) is 1. The lowest BCUT2D eigenvalue weighted by Gasteiger charge is -2.19. The van der Waals surface area contributed by atoms with Crippen molar-refractivity contribution in [3.05, 3.63) is 62.4 Å². The van der Waals surface area contributed by atoms with Crippen LogP contribution >= 0.6 is 27.3 Å². The van der Waals surface area contributed by atoms with Crippen molar-refractivity contribution in [1.82, 2.24) is 15.1 Å². The van der Waals surface area contributed by atoms with Crippen LogP contribution in [0.4, 0.5) is 13.2 Å². The Kier molecular flexibility index (Phi) is 6.45. The fourth-order valence-electron chi connectivity index (χ4n) is 3.01. The summed E-state index contributed by atoms with van der Waals surface area (Å²) >= 11 is 4.67. The van der Waals surface area contributed by atoms with Crippen molar-refractivity contribution in [2.75, 3.05) is 6.54 Å². The van der Waals surface area contributed by atoms with Gasteiger partial charge >= 0.3 is 6.18 Å². The van der Waals surface area contributed by atoms with Crippen LogP contribution in [0.1, 0.15) is 20.8 Å². The molecule has 2 aromatic heterocycles. The first-order valence-electron chi connectivity index (χ1n) is 8.63. The molecule has 3 aromatic rings. The highest BCUT2D eigenvalue weighted by Gasteiger charge is 2.33. The third-order valence-corrected chi connectivity index (χ3v) is 5.91. The highest BCUT2D eigenvalue weighted by atomic mass is 79.9. The molecule has 0 aliphatic rings. The fourth-order valence-corrected chi connectivity index (χ4v) is 4.38. The number of hydrogen-bond acceptors (Lipinski definition) is 4. The van der Waals surface area contributed by atoms with Crippen LogP contribution in [0, 0.1) is 0 Å². The number of rotatable bonds is 6. The molecule has 5 nitrogen and oxygen atoms in total. The van der Waals surface area contributed by atoms with Gasteiger partial charge in [-0.1, -0.05) is 18.2 Å². The van der Waals surface area contributed by atoms with E-state index in [2.05, 4.69) is 26.3 Å². The van der Waals surface area contributed by atoms with Crippen molar-refractivity contribution >= 4 is 33.2 Å². The minimum absolute atomic E-state index is 0.0105. The van der Waals surface area contributed by atoms with Crippen molar-refractivity contribution in [2.24, 2.45) is 12.8 Å². The molecule has 0 saturated carbocycles. The van der Waals surface area contributed by atoms with Gasteiger partial charge in [0, 0.05) is 30.6 Å². The van der Waals surface area contributed by atoms with E-state index in [1.165, 1.54) is 29.5 Å². The summed E-state index contributed by atoms with van der Waals surface area (Å²) in [5.74, 6) is -0.375. The number of nitrogens with one attached hydrogen (secondary N) is 1. The predicted octanol–water partition coefficient (Wildman–Crippen LogP) is 4.23. The fraction of sp³-hybridized carbons (Fsp3) is 0.263. The molecule has 1 atom stereocenters. The summed E-state index contributed by atoms with van der Waals surface area (Å²) in [5, 5.41) is 8.72. The van der Waals surface area contributed by atoms with Crippen molar-refractivity contribution in [3.8, 4) is 11.3 Å². The topological polar surface area (TPSA) is 72.9 Å². The van der Waals surface area contributed by atoms with Gasteiger partial charge in [0.2, 0.25) is 0 Å². The summed E-state index contributed by atoms with van der Waals surface area (Å²) in [6.07, 6.45) is -2.81. The summed E-state index contributed by atoms with van der Waals surface area (Å²) < 4.78 is 42.1. The molecular formula is C19H18BrF3N4OS. The zero-order chi connectivity index (χ0) is 21.2. The number of thiophene rings is 1. The molecule has 3 rings (SSSR count). The molecular weight excluding hydrogens is 469 g/mol. The second kappa shape index (κ2) is 8.68. The van der Waals surface area contributed by atoms with Gasteiger partial charge < -0.3 is 11.1 Å². The van der Waals surface area contributed by atoms with Crippen molar-refractivity contribution in [1.29, 1.82) is 0 Å². The monoisotopic (exact) mass is 486 g/mol. The van der Waals surface area contributed by atoms with E-state index < -0.39 is 17.8 Å². The number of hydrogen-bond donors (Lipinski definition) is 2. The molecule has 1 amide bonds. The van der Waals surface area contributed by atoms with E-state index in [4.69, 9.17) is 5.73 Å². The van der Waals surface area contributed by atoms with Gasteiger partial charge in [0.25, 0.3) is 5.91 Å². The number of aromatic nitrogens is 2. The van der Waals surface area contributed by atoms with Crippen LogP contribution in [-0.4, -0.2) is 28.3 Å². The third kappa shape index (κ3) is 4.88. The molecule has 0 bridgehead atoms. The normalized spacial score (nSPS) is 12.8. The molecule has 0 aliphatic carbocycles. The van der Waals surface area contributed by atoms with Crippen LogP contribution in [0.25, 0.3) is 11.3 Å². The Bertz CT molecular complexity index is 996. The number of amides is 1. The maximum Gasteiger partial charge on any atom is 0.416 e. The standard InChI is InChI=1S/C19H18BrF3N4OS/c1-27-17(15(20)9-25-27)12-7-16(29-10-12)18(28)26-13(8-24)6-11-4-2-3-5-14(11)19(21,22)23/h2-5,7,9-10,13H,6,8,24H2,1H3,(H,26,28). The lowest BCUT2D eigenvalue weighted by atomic mass is 9.99. The number of halogens is 4. The van der Waals surface area contributed by atoms with Crippen molar-refractivity contribution in [2.45, 2.75) is 18.6 Å². The molecule has 3 N–H and O–H groups in total. The highest BCUT2D eigenvalue weighted by molar-refractivity contribution is 9.10. The van der Waals surface area contributed by atoms with Crippen molar-refractivity contribution < 1.29 is 18.0 Å². The minimum atomic E-state index is -4.46. The number of benzene rings is 1. The molecule has 1 unspecified atom stereocenters. The Balaban J connectivity index is 1.75. The maximum absolute atomic E-state index is 13.2. The summed E-state index contributed by atoms with van der Waals surface area (Å²) in [6.45, 7) is 0.0173. The first-order chi connectivity index (χ1) is 13.7. The summed E-state index contributed by atoms with van der Waals surface area (Å²) in [4.78, 5) is 13.1. The minimum Gasteiger partial charge on any atom is -0.347 e. The number of alkyl halides is 3. The van der Waals surface area contributed by atoms with Gasteiger partial charge in [-0.3, -0.25) is 9.48 Å². The zero-order valence-corrected chi connectivity index (χ0v) is 17.7. The molecule has 29 heavy (non-hydrogen) atoms. The summed E-state index contributed by atoms with van der Waals surface area (Å²) in [6, 6.07) is 6.41. The van der Waals surface area contributed by atoms with Crippen LogP contribution in [0.3, 0.4) is 0 Å². The summed E-state index contributed by atoms with van der Waals surface area (Å²) in [7, 11) is 1.79. The Morgan fingerprint density at radius 1 is 1.38 bits per heavy atom. The third-order valence-electron chi connectivity index (χ3n) is 4.40. The molecule has 10 heteroatoms. The number of nitrogens with zero attached hydrogens (tertiary/aromatic N) is 2. The second-order valence-electron chi connectivity index (χ2n) is 6.43. The number of carbonyl (C=O) groups excluding carboxylic acids is 1. The van der Waals surface area contributed by atoms with Crippen LogP contribution in [0.2, 0.25) is 0 Å². The first-order valence-corrected chi connectivity index (χ1v) is 10.3. The van der Waals surface area contributed by atoms with Gasteiger partial charge in [0.1, 0.15) is 0 Å². The summed E-state index contributed by atoms with van der Waals surface area (Å²) in [5.41, 5.74) is 6.75. The molecule has 0 spiro atoms. The zero-order valence-electron chi connectivity index (χ0n) is 15.3. The van der Waals surface area contributed by atoms with E-state index in [1.807, 2.05) is 5.38 Å². The van der Waals surface area contributed by atoms with E-state index in [9.17, 15) is 18.0 Å². The lowest BCUT2D eigenvalue weighted by Crippen LogP contribution is -2.41. The lowest BCUT2D eigenvalue weighted by molar-refractivity contribution is -0.138. The average Bonchev–Trinajstić information content (AvgIpc) is 3.27. The number of carbonyl (C=O) groups is 1. The number of aryl methyl sites for hydroxylation is 1. The van der Waals surface area contributed by atoms with Crippen LogP contribution in [0.5, 0.6) is 0 Å². The average molecular weight is 487 g/mol. The highest BCUT2D eigenvalue weighted by Crippen LogP contribution is 2.33. The largest absolute Gasteiger partial charge is 0.416 e. The Morgan fingerprint density at radius 3 is 2.72 bits per heavy atom. The molecule has 0 radical (unpaired) electrons. The maximum atomic E-state index is 13.2. The quantitative estimate of drug-likeness (QED) is 0.547. The smallest absolute Gasteiger partial charge is 0.347 e. The SMILES string of the molecule is Cn1ncc(Br)c1-c1csc(C(=O)NC(CN)Cc2ccccc2C(F)(F)F)c1. The molecule has 154 valence electrons. The molecule has 1 aromatic carbocycles. The van der Waals surface area contributed by atoms with E-state index in [0.717, 1.165) is 21.8 Å². The van der Waals surface area contributed by atoms with Gasteiger partial charge in [-0.25, -0.2) is 0 Å². The van der Waals surface area contributed by atoms with Crippen molar-refractivity contribution in [3.63, 3.8) is 0 Å². The van der Waals surface area contributed by atoms with E-state index in [1.54, 1.807) is 24.0 Å². The molecule has 0 aliphatic heterocycles. The second-order valence-corrected chi connectivity index (χ2v) is 8.20. The Labute approximate surface area is 177 Å². The molecule has 0 fully saturated rings. The van der Waals surface area contributed by atoms with E-state index in [-0.39, 0.29) is 24.4 Å². The van der Waals surface area contributed by atoms with Gasteiger partial charge in [-0.05, 0) is 40.0 Å². The van der Waals surface area contributed by atoms with E-state index >= 15 is 0 Å². The van der Waals surface area contributed by atoms with E-state index in [0.29, 0.717) is 4.88 Å². The van der Waals surface area contributed by atoms with Crippen LogP contribution < -0.4 is 11.1 Å². The first kappa shape index (κ1) is 21.5. The predicted molar refractivity (Wildman–Crippen MR) is 110 cm³/mol. The van der Waals surface area contributed by atoms with Crippen LogP contribution in [-0.2, 0) is 19.6 Å². The Morgan fingerprint density at radius 2 is 2.10 bits per heavy atom. The molecule has 2 heterocycles. The van der Waals surface area contributed by atoms with Gasteiger partial charge in [0.05, 0.1) is 26.8 Å². The Hall–Kier alpha value is -2.17. The van der Waals surface area contributed by atoms with Gasteiger partial charge in [0.15, 0.2) is 0 Å². The van der Waals surface area contributed by atoms with Gasteiger partial charge in [-0.15, -0.1) is 11.3 Å².